The smallest absolute Gasteiger partial charge is 0.416 e. The number of halogens is 3. The van der Waals surface area contributed by atoms with Crippen molar-refractivity contribution in [2.75, 3.05) is 6.54 Å². The summed E-state index contributed by atoms with van der Waals surface area (Å²) in [6.07, 6.45) is -3.72. The molecule has 2 aromatic carbocycles. The van der Waals surface area contributed by atoms with Crippen molar-refractivity contribution >= 4 is 11.9 Å². The minimum atomic E-state index is -4.40. The van der Waals surface area contributed by atoms with Crippen LogP contribution in [-0.4, -0.2) is 29.1 Å². The molecule has 0 radical (unpaired) electrons. The van der Waals surface area contributed by atoms with Crippen LogP contribution in [0, 0.1) is 0 Å². The van der Waals surface area contributed by atoms with E-state index in [1.165, 1.54) is 6.07 Å². The summed E-state index contributed by atoms with van der Waals surface area (Å²) < 4.78 is 44.1. The van der Waals surface area contributed by atoms with Gasteiger partial charge in [0.05, 0.1) is 5.56 Å². The predicted molar refractivity (Wildman–Crippen MR) is 105 cm³/mol. The third kappa shape index (κ3) is 7.09. The van der Waals surface area contributed by atoms with Crippen LogP contribution in [0.25, 0.3) is 0 Å². The summed E-state index contributed by atoms with van der Waals surface area (Å²) in [4.78, 5) is 23.1. The molecule has 1 amide bonds. The van der Waals surface area contributed by atoms with Gasteiger partial charge in [-0.2, -0.15) is 13.2 Å². The molecule has 0 saturated heterocycles. The van der Waals surface area contributed by atoms with E-state index < -0.39 is 29.2 Å². The second kappa shape index (κ2) is 9.65. The molecule has 0 saturated carbocycles. The lowest BCUT2D eigenvalue weighted by Gasteiger charge is -2.25. The van der Waals surface area contributed by atoms with Gasteiger partial charge in [-0.15, -0.1) is 0 Å². The Morgan fingerprint density at radius 3 is 2.27 bits per heavy atom. The number of rotatable bonds is 9. The normalized spacial score (nSPS) is 11.8. The third-order valence-corrected chi connectivity index (χ3v) is 4.42. The summed E-state index contributed by atoms with van der Waals surface area (Å²) in [5.74, 6) is -0.824. The molecule has 0 spiro atoms. The topological polar surface area (TPSA) is 75.6 Å². The van der Waals surface area contributed by atoms with E-state index in [-0.39, 0.29) is 19.4 Å². The number of carboxylic acids is 1. The highest BCUT2D eigenvalue weighted by molar-refractivity contribution is 5.84. The largest absolute Gasteiger partial charge is 0.481 e. The molecular formula is C22H24F3NO4. The first-order valence-electron chi connectivity index (χ1n) is 9.41. The Hall–Kier alpha value is -3.03. The zero-order valence-corrected chi connectivity index (χ0v) is 16.8. The van der Waals surface area contributed by atoms with Crippen molar-refractivity contribution in [1.29, 1.82) is 0 Å². The van der Waals surface area contributed by atoms with Gasteiger partial charge < -0.3 is 15.2 Å². The van der Waals surface area contributed by atoms with Gasteiger partial charge >= 0.3 is 12.1 Å². The number of aliphatic carboxylic acids is 1. The van der Waals surface area contributed by atoms with Crippen molar-refractivity contribution < 1.29 is 32.6 Å². The average Bonchev–Trinajstić information content (AvgIpc) is 2.66. The first-order chi connectivity index (χ1) is 14.0. The quantitative estimate of drug-likeness (QED) is 0.633. The number of hydrogen-bond donors (Lipinski definition) is 2. The van der Waals surface area contributed by atoms with Crippen LogP contribution in [0.15, 0.2) is 48.5 Å². The number of carboxylic acid groups (broad SMARTS) is 1. The zero-order valence-electron chi connectivity index (χ0n) is 16.8. The number of ether oxygens (including phenoxy) is 1. The van der Waals surface area contributed by atoms with Crippen molar-refractivity contribution in [3.63, 3.8) is 0 Å². The Balaban J connectivity index is 1.87. The lowest BCUT2D eigenvalue weighted by atomic mass is 10.1. The van der Waals surface area contributed by atoms with Crippen molar-refractivity contribution in [3.8, 4) is 5.75 Å². The molecule has 8 heteroatoms. The minimum absolute atomic E-state index is 0.0278. The van der Waals surface area contributed by atoms with E-state index in [0.29, 0.717) is 17.7 Å². The molecule has 2 N–H and O–H groups in total. The summed E-state index contributed by atoms with van der Waals surface area (Å²) in [7, 11) is 0. The lowest BCUT2D eigenvalue weighted by Crippen LogP contribution is -2.47. The molecule has 2 aromatic rings. The van der Waals surface area contributed by atoms with Crippen LogP contribution >= 0.6 is 0 Å². The summed E-state index contributed by atoms with van der Waals surface area (Å²) in [5, 5.41) is 11.4. The summed E-state index contributed by atoms with van der Waals surface area (Å²) >= 11 is 0. The first-order valence-corrected chi connectivity index (χ1v) is 9.41. The molecule has 0 aliphatic heterocycles. The Labute approximate surface area is 172 Å². The van der Waals surface area contributed by atoms with Gasteiger partial charge in [0.1, 0.15) is 5.75 Å². The van der Waals surface area contributed by atoms with Crippen molar-refractivity contribution in [2.45, 2.75) is 44.9 Å². The molecule has 2 rings (SSSR count). The number of amides is 1. The number of hydrogen-bond acceptors (Lipinski definition) is 3. The van der Waals surface area contributed by atoms with Crippen LogP contribution in [0.2, 0.25) is 0 Å². The second-order valence-electron chi connectivity index (χ2n) is 7.35. The SMILES string of the molecule is CC(C)(Oc1ccc(CCC(=O)O)cc1)C(=O)NCCc1cccc(C(F)(F)F)c1. The molecule has 162 valence electrons. The molecule has 0 atom stereocenters. The van der Waals surface area contributed by atoms with Crippen LogP contribution < -0.4 is 10.1 Å². The van der Waals surface area contributed by atoms with Crippen molar-refractivity contribution in [2.24, 2.45) is 0 Å². The zero-order chi connectivity index (χ0) is 22.4. The molecule has 30 heavy (non-hydrogen) atoms. The molecular weight excluding hydrogens is 399 g/mol. The maximum Gasteiger partial charge on any atom is 0.416 e. The van der Waals surface area contributed by atoms with Gasteiger partial charge in [0.2, 0.25) is 0 Å². The van der Waals surface area contributed by atoms with Gasteiger partial charge in [0, 0.05) is 13.0 Å². The number of nitrogens with one attached hydrogen (secondary N) is 1. The number of alkyl halides is 3. The minimum Gasteiger partial charge on any atom is -0.481 e. The highest BCUT2D eigenvalue weighted by Crippen LogP contribution is 2.29. The fourth-order valence-electron chi connectivity index (χ4n) is 2.75. The molecule has 0 aliphatic carbocycles. The number of carbonyl (C=O) groups excluding carboxylic acids is 1. The average molecular weight is 423 g/mol. The summed E-state index contributed by atoms with van der Waals surface area (Å²) in [5.41, 5.74) is -0.605. The number of aryl methyl sites for hydroxylation is 1. The predicted octanol–water partition coefficient (Wildman–Crippen LogP) is 4.24. The monoisotopic (exact) mass is 423 g/mol. The number of benzene rings is 2. The van der Waals surface area contributed by atoms with Crippen molar-refractivity contribution in [1.82, 2.24) is 5.32 Å². The molecule has 0 heterocycles. The van der Waals surface area contributed by atoms with Crippen LogP contribution in [0.3, 0.4) is 0 Å². The van der Waals surface area contributed by atoms with E-state index in [1.54, 1.807) is 44.2 Å². The van der Waals surface area contributed by atoms with E-state index >= 15 is 0 Å². The van der Waals surface area contributed by atoms with Crippen LogP contribution in [-0.2, 0) is 28.6 Å². The number of carbonyl (C=O) groups is 2. The van der Waals surface area contributed by atoms with E-state index in [9.17, 15) is 22.8 Å². The molecule has 0 fully saturated rings. The van der Waals surface area contributed by atoms with Crippen LogP contribution in [0.4, 0.5) is 13.2 Å². The lowest BCUT2D eigenvalue weighted by molar-refractivity contribution is -0.138. The highest BCUT2D eigenvalue weighted by Gasteiger charge is 2.31. The molecule has 5 nitrogen and oxygen atoms in total. The fraction of sp³-hybridized carbons (Fsp3) is 0.364. The molecule has 0 aliphatic rings. The molecule has 0 bridgehead atoms. The molecule has 0 unspecified atom stereocenters. The van der Waals surface area contributed by atoms with E-state index in [2.05, 4.69) is 5.32 Å². The van der Waals surface area contributed by atoms with Crippen LogP contribution in [0.5, 0.6) is 5.75 Å². The van der Waals surface area contributed by atoms with Gasteiger partial charge in [-0.25, -0.2) is 0 Å². The van der Waals surface area contributed by atoms with E-state index in [4.69, 9.17) is 9.84 Å². The Bertz CT molecular complexity index is 877. The van der Waals surface area contributed by atoms with Gasteiger partial charge in [-0.1, -0.05) is 30.3 Å². The standard InChI is InChI=1S/C22H24F3NO4/c1-21(2,30-18-9-6-15(7-10-18)8-11-19(27)28)20(29)26-13-12-16-4-3-5-17(14-16)22(23,24)25/h3-7,9-10,14H,8,11-13H2,1-2H3,(H,26,29)(H,27,28). The third-order valence-electron chi connectivity index (χ3n) is 4.42. The second-order valence-corrected chi connectivity index (χ2v) is 7.35. The van der Waals surface area contributed by atoms with Gasteiger partial charge in [0.25, 0.3) is 5.91 Å². The highest BCUT2D eigenvalue weighted by atomic mass is 19.4. The van der Waals surface area contributed by atoms with Gasteiger partial charge in [-0.3, -0.25) is 9.59 Å². The first kappa shape index (κ1) is 23.3. The maximum absolute atomic E-state index is 12.8. The molecule has 0 aromatic heterocycles. The van der Waals surface area contributed by atoms with E-state index in [1.807, 2.05) is 0 Å². The Morgan fingerprint density at radius 1 is 1.00 bits per heavy atom. The van der Waals surface area contributed by atoms with Gasteiger partial charge in [-0.05, 0) is 56.0 Å². The van der Waals surface area contributed by atoms with Crippen LogP contribution in [0.1, 0.15) is 37.0 Å². The summed E-state index contributed by atoms with van der Waals surface area (Å²) in [6.45, 7) is 3.34. The van der Waals surface area contributed by atoms with Gasteiger partial charge in [0.15, 0.2) is 5.60 Å². The fourth-order valence-corrected chi connectivity index (χ4v) is 2.75. The summed E-state index contributed by atoms with van der Waals surface area (Å²) in [6, 6.07) is 11.8. The van der Waals surface area contributed by atoms with E-state index in [0.717, 1.165) is 17.7 Å². The maximum atomic E-state index is 12.8. The Kier molecular flexibility index (Phi) is 7.48. The Morgan fingerprint density at radius 2 is 1.67 bits per heavy atom. The van der Waals surface area contributed by atoms with Crippen molar-refractivity contribution in [3.05, 3.63) is 65.2 Å².